The fraction of sp³-hybridized carbons (Fsp3) is 0.625. The lowest BCUT2D eigenvalue weighted by molar-refractivity contribution is -0.145. The van der Waals surface area contributed by atoms with Gasteiger partial charge in [-0.1, -0.05) is 0 Å². The summed E-state index contributed by atoms with van der Waals surface area (Å²) in [5.74, 6) is 1.10. The number of fused-ring (bicyclic) bond motifs is 3. The number of nitrogens with zero attached hydrogens (tertiary/aromatic N) is 2. The molecule has 20 heavy (non-hydrogen) atoms. The van der Waals surface area contributed by atoms with E-state index < -0.39 is 0 Å². The molecule has 4 nitrogen and oxygen atoms in total. The van der Waals surface area contributed by atoms with Crippen molar-refractivity contribution in [1.82, 2.24) is 4.98 Å². The lowest BCUT2D eigenvalue weighted by Crippen LogP contribution is -2.52. The molecule has 3 heterocycles. The summed E-state index contributed by atoms with van der Waals surface area (Å²) < 4.78 is 5.10. The smallest absolute Gasteiger partial charge is 0.306 e. The van der Waals surface area contributed by atoms with Gasteiger partial charge in [-0.2, -0.15) is 0 Å². The van der Waals surface area contributed by atoms with Crippen LogP contribution in [0.2, 0.25) is 0 Å². The van der Waals surface area contributed by atoms with Gasteiger partial charge in [0.05, 0.1) is 6.61 Å². The number of carbonyl (C=O) groups is 1. The van der Waals surface area contributed by atoms with Crippen molar-refractivity contribution < 1.29 is 9.53 Å². The minimum absolute atomic E-state index is 0.0273. The van der Waals surface area contributed by atoms with E-state index in [1.165, 1.54) is 18.5 Å². The normalized spacial score (nSPS) is 28.4. The van der Waals surface area contributed by atoms with E-state index in [4.69, 9.17) is 4.74 Å². The molecule has 3 aliphatic rings. The molecule has 0 radical (unpaired) electrons. The van der Waals surface area contributed by atoms with E-state index >= 15 is 0 Å². The van der Waals surface area contributed by atoms with Crippen LogP contribution in [0, 0.1) is 11.8 Å². The summed E-state index contributed by atoms with van der Waals surface area (Å²) in [6.07, 6.45) is 7.91. The quantitative estimate of drug-likeness (QED) is 0.792. The number of ether oxygens (including phenoxy) is 1. The number of hydrogen-bond acceptors (Lipinski definition) is 4. The van der Waals surface area contributed by atoms with Crippen molar-refractivity contribution in [1.29, 1.82) is 0 Å². The van der Waals surface area contributed by atoms with Crippen LogP contribution in [0.1, 0.15) is 32.6 Å². The molecule has 2 saturated heterocycles. The minimum Gasteiger partial charge on any atom is -0.466 e. The van der Waals surface area contributed by atoms with Crippen LogP contribution in [0.15, 0.2) is 24.5 Å². The van der Waals surface area contributed by atoms with Crippen LogP contribution in [0.3, 0.4) is 0 Å². The first-order valence-electron chi connectivity index (χ1n) is 7.60. The van der Waals surface area contributed by atoms with Gasteiger partial charge >= 0.3 is 5.97 Å². The lowest BCUT2D eigenvalue weighted by atomic mass is 9.70. The Labute approximate surface area is 120 Å². The van der Waals surface area contributed by atoms with Crippen molar-refractivity contribution >= 4 is 11.7 Å². The zero-order chi connectivity index (χ0) is 13.9. The first kappa shape index (κ1) is 13.4. The Hall–Kier alpha value is -1.58. The fourth-order valence-electron chi connectivity index (χ4n) is 3.76. The molecule has 3 unspecified atom stereocenters. The highest BCUT2D eigenvalue weighted by atomic mass is 16.5. The van der Waals surface area contributed by atoms with E-state index in [1.807, 2.05) is 19.3 Å². The average molecular weight is 274 g/mol. The highest BCUT2D eigenvalue weighted by molar-refractivity contribution is 5.69. The van der Waals surface area contributed by atoms with Crippen molar-refractivity contribution in [2.24, 2.45) is 11.8 Å². The summed E-state index contributed by atoms with van der Waals surface area (Å²) in [5, 5.41) is 0. The molecule has 1 saturated carbocycles. The van der Waals surface area contributed by atoms with Crippen LogP contribution in [-0.4, -0.2) is 30.1 Å². The van der Waals surface area contributed by atoms with E-state index in [0.29, 0.717) is 30.9 Å². The highest BCUT2D eigenvalue weighted by Crippen LogP contribution is 2.42. The van der Waals surface area contributed by atoms with Gasteiger partial charge in [0.1, 0.15) is 0 Å². The summed E-state index contributed by atoms with van der Waals surface area (Å²) >= 11 is 0. The summed E-state index contributed by atoms with van der Waals surface area (Å²) in [4.78, 5) is 18.3. The molecular weight excluding hydrogens is 252 g/mol. The Bertz CT molecular complexity index is 463. The molecule has 1 aromatic rings. The standard InChI is InChI=1S/C16H22N2O2/c1-2-20-16(19)10-13-9-15-4-3-12(13)11-18(15)14-5-7-17-8-6-14/h5-8,12-13,15H,2-4,9-11H2,1H3. The van der Waals surface area contributed by atoms with Crippen LogP contribution in [0.4, 0.5) is 5.69 Å². The van der Waals surface area contributed by atoms with E-state index in [1.54, 1.807) is 0 Å². The van der Waals surface area contributed by atoms with Gasteiger partial charge in [0.2, 0.25) is 0 Å². The number of aromatic nitrogens is 1. The topological polar surface area (TPSA) is 42.4 Å². The Morgan fingerprint density at radius 2 is 2.20 bits per heavy atom. The molecule has 3 fully saturated rings. The molecule has 0 amide bonds. The molecule has 1 aromatic heterocycles. The number of rotatable bonds is 4. The molecule has 2 aliphatic heterocycles. The second-order valence-corrected chi connectivity index (χ2v) is 5.85. The number of esters is 1. The maximum Gasteiger partial charge on any atom is 0.306 e. The molecule has 4 rings (SSSR count). The summed E-state index contributed by atoms with van der Waals surface area (Å²) in [5.41, 5.74) is 1.27. The maximum atomic E-state index is 11.7. The Morgan fingerprint density at radius 3 is 2.85 bits per heavy atom. The van der Waals surface area contributed by atoms with Crippen LogP contribution >= 0.6 is 0 Å². The van der Waals surface area contributed by atoms with Gasteiger partial charge in [-0.3, -0.25) is 9.78 Å². The lowest BCUT2D eigenvalue weighted by Gasteiger charge is -2.50. The van der Waals surface area contributed by atoms with Crippen LogP contribution in [0.25, 0.3) is 0 Å². The van der Waals surface area contributed by atoms with Crippen molar-refractivity contribution in [2.45, 2.75) is 38.6 Å². The van der Waals surface area contributed by atoms with Crippen LogP contribution in [-0.2, 0) is 9.53 Å². The van der Waals surface area contributed by atoms with Gasteiger partial charge in [0.25, 0.3) is 0 Å². The molecule has 3 atom stereocenters. The van der Waals surface area contributed by atoms with Crippen LogP contribution < -0.4 is 4.90 Å². The van der Waals surface area contributed by atoms with E-state index in [-0.39, 0.29) is 5.97 Å². The molecule has 0 N–H and O–H groups in total. The predicted octanol–water partition coefficient (Wildman–Crippen LogP) is 2.64. The van der Waals surface area contributed by atoms with Gasteiger partial charge < -0.3 is 9.64 Å². The number of anilines is 1. The van der Waals surface area contributed by atoms with E-state index in [9.17, 15) is 4.79 Å². The summed E-state index contributed by atoms with van der Waals surface area (Å²) in [6.45, 7) is 3.43. The van der Waals surface area contributed by atoms with E-state index in [2.05, 4.69) is 22.0 Å². The number of hydrogen-bond donors (Lipinski definition) is 0. The largest absolute Gasteiger partial charge is 0.466 e. The van der Waals surface area contributed by atoms with Gasteiger partial charge in [-0.15, -0.1) is 0 Å². The second-order valence-electron chi connectivity index (χ2n) is 5.85. The van der Waals surface area contributed by atoms with Gasteiger partial charge in [-0.05, 0) is 50.2 Å². The first-order valence-corrected chi connectivity index (χ1v) is 7.60. The Kier molecular flexibility index (Phi) is 3.90. The molecular formula is C16H22N2O2. The van der Waals surface area contributed by atoms with Gasteiger partial charge in [0, 0.05) is 37.1 Å². The van der Waals surface area contributed by atoms with E-state index in [0.717, 1.165) is 13.0 Å². The van der Waals surface area contributed by atoms with Crippen LogP contribution in [0.5, 0.6) is 0 Å². The zero-order valence-electron chi connectivity index (χ0n) is 12.0. The molecule has 0 aromatic carbocycles. The maximum absolute atomic E-state index is 11.7. The SMILES string of the molecule is CCOC(=O)CC1CC2CCC1CN2c1ccncc1. The van der Waals surface area contributed by atoms with Crippen molar-refractivity contribution in [3.05, 3.63) is 24.5 Å². The average Bonchev–Trinajstić information content (AvgIpc) is 2.49. The van der Waals surface area contributed by atoms with Crippen molar-refractivity contribution in [3.8, 4) is 0 Å². The number of pyridine rings is 1. The molecule has 0 spiro atoms. The van der Waals surface area contributed by atoms with Crippen molar-refractivity contribution in [3.63, 3.8) is 0 Å². The first-order chi connectivity index (χ1) is 9.78. The van der Waals surface area contributed by atoms with Gasteiger partial charge in [-0.25, -0.2) is 0 Å². The number of carbonyl (C=O) groups excluding carboxylic acids is 1. The second kappa shape index (κ2) is 5.81. The molecule has 108 valence electrons. The monoisotopic (exact) mass is 274 g/mol. The zero-order valence-corrected chi connectivity index (χ0v) is 12.0. The Balaban J connectivity index is 1.66. The Morgan fingerprint density at radius 1 is 1.40 bits per heavy atom. The minimum atomic E-state index is -0.0273. The number of piperidine rings is 2. The summed E-state index contributed by atoms with van der Waals surface area (Å²) in [7, 11) is 0. The third-order valence-electron chi connectivity index (χ3n) is 4.71. The highest BCUT2D eigenvalue weighted by Gasteiger charge is 2.41. The van der Waals surface area contributed by atoms with Crippen molar-refractivity contribution in [2.75, 3.05) is 18.1 Å². The summed E-state index contributed by atoms with van der Waals surface area (Å²) in [6, 6.07) is 4.74. The van der Waals surface area contributed by atoms with Gasteiger partial charge in [0.15, 0.2) is 0 Å². The third kappa shape index (κ3) is 2.65. The third-order valence-corrected chi connectivity index (χ3v) is 4.71. The fourth-order valence-corrected chi connectivity index (χ4v) is 3.76. The molecule has 4 heteroatoms. The molecule has 1 aliphatic carbocycles. The predicted molar refractivity (Wildman–Crippen MR) is 77.5 cm³/mol. The molecule has 2 bridgehead atoms.